The predicted octanol–water partition coefficient (Wildman–Crippen LogP) is 1.09. The van der Waals surface area contributed by atoms with Crippen molar-refractivity contribution in [1.29, 1.82) is 0 Å². The van der Waals surface area contributed by atoms with Crippen molar-refractivity contribution in [2.45, 2.75) is 58.0 Å². The molecule has 4 rings (SSSR count). The molecule has 28 heavy (non-hydrogen) atoms. The number of fused-ring (bicyclic) bond motifs is 1. The van der Waals surface area contributed by atoms with Gasteiger partial charge in [-0.1, -0.05) is 18.6 Å². The van der Waals surface area contributed by atoms with Crippen LogP contribution in [0.3, 0.4) is 0 Å². The first-order valence-corrected chi connectivity index (χ1v) is 10.9. The molecule has 0 bridgehead atoms. The number of quaternary nitrogens is 2. The summed E-state index contributed by atoms with van der Waals surface area (Å²) in [4.78, 5) is 13.9. The minimum atomic E-state index is -0.240. The van der Waals surface area contributed by atoms with E-state index in [9.17, 15) is 4.79 Å². The van der Waals surface area contributed by atoms with Crippen LogP contribution in [0.1, 0.15) is 48.8 Å². The Morgan fingerprint density at radius 1 is 1.11 bits per heavy atom. The fourth-order valence-electron chi connectivity index (χ4n) is 5.28. The van der Waals surface area contributed by atoms with E-state index in [1.54, 1.807) is 11.0 Å². The molecule has 5 heteroatoms. The van der Waals surface area contributed by atoms with Crippen LogP contribution in [0, 0.1) is 13.8 Å². The van der Waals surface area contributed by atoms with Crippen molar-refractivity contribution in [3.63, 3.8) is 0 Å². The van der Waals surface area contributed by atoms with E-state index in [1.807, 2.05) is 6.92 Å². The fourth-order valence-corrected chi connectivity index (χ4v) is 5.28. The maximum atomic E-state index is 12.1. The van der Waals surface area contributed by atoms with Gasteiger partial charge in [0, 0.05) is 29.9 Å². The van der Waals surface area contributed by atoms with Crippen LogP contribution in [0.2, 0.25) is 0 Å². The van der Waals surface area contributed by atoms with Crippen molar-refractivity contribution < 1.29 is 19.4 Å². The molecule has 1 aromatic carbocycles. The minimum Gasteiger partial charge on any atom is -0.422 e. The van der Waals surface area contributed by atoms with E-state index in [1.165, 1.54) is 32.1 Å². The number of aryl methyl sites for hydroxylation is 2. The summed E-state index contributed by atoms with van der Waals surface area (Å²) in [5, 5.41) is 3.51. The number of nitrogens with one attached hydrogen (secondary N) is 1. The molecule has 152 valence electrons. The van der Waals surface area contributed by atoms with Crippen molar-refractivity contribution in [3.8, 4) is 0 Å². The summed E-state index contributed by atoms with van der Waals surface area (Å²) in [5.74, 6) is 0. The Bertz CT molecular complexity index is 877. The van der Waals surface area contributed by atoms with Crippen molar-refractivity contribution in [2.75, 3.05) is 32.8 Å². The SMILES string of the molecule is Cc1ccc2c(C[NH2+]CC3([NH+]4CCOCC4)CCCCC3)cc(=O)oc2c1C. The Morgan fingerprint density at radius 2 is 1.86 bits per heavy atom. The first-order valence-electron chi connectivity index (χ1n) is 10.9. The molecule has 0 atom stereocenters. The Balaban J connectivity index is 1.53. The van der Waals surface area contributed by atoms with Crippen LogP contribution < -0.4 is 15.8 Å². The predicted molar refractivity (Wildman–Crippen MR) is 110 cm³/mol. The Kier molecular flexibility index (Phi) is 5.85. The molecule has 2 aromatic rings. The summed E-state index contributed by atoms with van der Waals surface area (Å²) in [6, 6.07) is 5.91. The molecule has 1 saturated carbocycles. The third kappa shape index (κ3) is 3.88. The monoisotopic (exact) mass is 386 g/mol. The van der Waals surface area contributed by atoms with Gasteiger partial charge in [-0.25, -0.2) is 4.79 Å². The Hall–Kier alpha value is -1.69. The van der Waals surface area contributed by atoms with E-state index in [-0.39, 0.29) is 5.63 Å². The van der Waals surface area contributed by atoms with Gasteiger partial charge in [0.2, 0.25) is 0 Å². The van der Waals surface area contributed by atoms with E-state index in [2.05, 4.69) is 24.4 Å². The zero-order chi connectivity index (χ0) is 19.6. The zero-order valence-corrected chi connectivity index (χ0v) is 17.3. The van der Waals surface area contributed by atoms with E-state index in [0.29, 0.717) is 5.54 Å². The van der Waals surface area contributed by atoms with Gasteiger partial charge in [-0.2, -0.15) is 0 Å². The second-order valence-electron chi connectivity index (χ2n) is 8.73. The third-order valence-corrected chi connectivity index (χ3v) is 7.07. The summed E-state index contributed by atoms with van der Waals surface area (Å²) in [6.45, 7) is 10.1. The largest absolute Gasteiger partial charge is 0.422 e. The van der Waals surface area contributed by atoms with Gasteiger partial charge in [0.1, 0.15) is 37.3 Å². The van der Waals surface area contributed by atoms with Gasteiger partial charge in [-0.3, -0.25) is 0 Å². The summed E-state index contributed by atoms with van der Waals surface area (Å²) >= 11 is 0. The number of benzene rings is 1. The van der Waals surface area contributed by atoms with Crippen molar-refractivity contribution in [1.82, 2.24) is 0 Å². The molecule has 2 fully saturated rings. The van der Waals surface area contributed by atoms with Crippen LogP contribution in [-0.4, -0.2) is 38.4 Å². The second-order valence-corrected chi connectivity index (χ2v) is 8.73. The zero-order valence-electron chi connectivity index (χ0n) is 17.3. The average Bonchev–Trinajstić information content (AvgIpc) is 2.72. The molecule has 2 heterocycles. The third-order valence-electron chi connectivity index (χ3n) is 7.07. The highest BCUT2D eigenvalue weighted by Gasteiger charge is 2.44. The molecule has 0 spiro atoms. The van der Waals surface area contributed by atoms with E-state index < -0.39 is 0 Å². The van der Waals surface area contributed by atoms with E-state index in [0.717, 1.165) is 67.1 Å². The molecule has 3 N–H and O–H groups in total. The average molecular weight is 387 g/mol. The highest BCUT2D eigenvalue weighted by atomic mass is 16.5. The molecule has 0 unspecified atom stereocenters. The molecule has 0 amide bonds. The molecule has 1 aliphatic carbocycles. The molecular formula is C23H34N2O3+2. The van der Waals surface area contributed by atoms with Crippen LogP contribution in [0.5, 0.6) is 0 Å². The van der Waals surface area contributed by atoms with E-state index >= 15 is 0 Å². The Labute approximate surface area is 167 Å². The lowest BCUT2D eigenvalue weighted by molar-refractivity contribution is -0.975. The highest BCUT2D eigenvalue weighted by molar-refractivity contribution is 5.83. The highest BCUT2D eigenvalue weighted by Crippen LogP contribution is 2.25. The molecular weight excluding hydrogens is 352 g/mol. The number of morpholine rings is 1. The summed E-state index contributed by atoms with van der Waals surface area (Å²) in [7, 11) is 0. The Morgan fingerprint density at radius 3 is 2.61 bits per heavy atom. The summed E-state index contributed by atoms with van der Waals surface area (Å²) in [6.07, 6.45) is 6.68. The van der Waals surface area contributed by atoms with Crippen molar-refractivity contribution in [2.24, 2.45) is 0 Å². The van der Waals surface area contributed by atoms with Crippen LogP contribution in [0.25, 0.3) is 11.0 Å². The minimum absolute atomic E-state index is 0.240. The lowest BCUT2D eigenvalue weighted by Crippen LogP contribution is -3.24. The maximum Gasteiger partial charge on any atom is 0.336 e. The van der Waals surface area contributed by atoms with Crippen LogP contribution in [0.15, 0.2) is 27.4 Å². The fraction of sp³-hybridized carbons (Fsp3) is 0.609. The molecule has 0 radical (unpaired) electrons. The first kappa shape index (κ1) is 19.6. The smallest absolute Gasteiger partial charge is 0.336 e. The van der Waals surface area contributed by atoms with Gasteiger partial charge >= 0.3 is 5.63 Å². The van der Waals surface area contributed by atoms with Gasteiger partial charge in [0.05, 0.1) is 13.2 Å². The normalized spacial score (nSPS) is 20.5. The van der Waals surface area contributed by atoms with Crippen LogP contribution in [0.4, 0.5) is 0 Å². The quantitative estimate of drug-likeness (QED) is 0.757. The summed E-state index contributed by atoms with van der Waals surface area (Å²) < 4.78 is 11.2. The first-order chi connectivity index (χ1) is 13.6. The van der Waals surface area contributed by atoms with Crippen LogP contribution in [-0.2, 0) is 11.3 Å². The lowest BCUT2D eigenvalue weighted by Gasteiger charge is -2.43. The number of hydrogen-bond donors (Lipinski definition) is 2. The molecule has 2 aliphatic rings. The molecule has 1 aromatic heterocycles. The lowest BCUT2D eigenvalue weighted by atomic mass is 9.79. The standard InChI is InChI=1S/C23H32N2O3/c1-17-6-7-20-19(14-21(26)28-22(20)18(17)2)15-24-16-23(8-4-3-5-9-23)25-10-12-27-13-11-25/h6-7,14,24H,3-5,8-13,15-16H2,1-2H3/p+2. The van der Waals surface area contributed by atoms with E-state index in [4.69, 9.17) is 9.15 Å². The molecule has 1 aliphatic heterocycles. The molecule has 1 saturated heterocycles. The number of nitrogens with two attached hydrogens (primary N) is 1. The van der Waals surface area contributed by atoms with Crippen molar-refractivity contribution >= 4 is 11.0 Å². The second kappa shape index (κ2) is 8.36. The maximum absolute atomic E-state index is 12.1. The van der Waals surface area contributed by atoms with Gasteiger partial charge in [0.15, 0.2) is 0 Å². The van der Waals surface area contributed by atoms with Gasteiger partial charge in [-0.05, 0) is 37.8 Å². The number of ether oxygens (including phenoxy) is 1. The molecule has 5 nitrogen and oxygen atoms in total. The van der Waals surface area contributed by atoms with Gasteiger partial charge in [-0.15, -0.1) is 0 Å². The summed E-state index contributed by atoms with van der Waals surface area (Å²) in [5.41, 5.74) is 4.20. The van der Waals surface area contributed by atoms with Gasteiger partial charge < -0.3 is 19.4 Å². The van der Waals surface area contributed by atoms with Crippen molar-refractivity contribution in [3.05, 3.63) is 45.3 Å². The topological polar surface area (TPSA) is 60.5 Å². The number of rotatable bonds is 5. The number of hydrogen-bond acceptors (Lipinski definition) is 3. The van der Waals surface area contributed by atoms with Gasteiger partial charge in [0.25, 0.3) is 0 Å². The van der Waals surface area contributed by atoms with Crippen LogP contribution >= 0.6 is 0 Å².